The smallest absolute Gasteiger partial charge is 0.0355 e. The summed E-state index contributed by atoms with van der Waals surface area (Å²) in [6, 6.07) is 0. The molecule has 0 aromatic carbocycles. The quantitative estimate of drug-likeness (QED) is 0.560. The molecule has 0 spiro atoms. The largest absolute Gasteiger partial charge is 0.376 e. The highest BCUT2D eigenvalue weighted by molar-refractivity contribution is 6.21. The first-order chi connectivity index (χ1) is 7.71. The van der Waals surface area contributed by atoms with Crippen LogP contribution in [0.3, 0.4) is 0 Å². The number of hydrogen-bond acceptors (Lipinski definition) is 1. The molecule has 0 saturated heterocycles. The topological polar surface area (TPSA) is 3.24 Å². The monoisotopic (exact) mass is 241 g/mol. The van der Waals surface area contributed by atoms with E-state index in [-0.39, 0.29) is 0 Å². The van der Waals surface area contributed by atoms with Crippen LogP contribution in [-0.2, 0) is 0 Å². The van der Waals surface area contributed by atoms with Crippen molar-refractivity contribution in [1.82, 2.24) is 4.90 Å². The van der Waals surface area contributed by atoms with Gasteiger partial charge >= 0.3 is 0 Å². The van der Waals surface area contributed by atoms with E-state index in [1.165, 1.54) is 61.9 Å². The van der Waals surface area contributed by atoms with E-state index in [4.69, 9.17) is 0 Å². The molecular formula is C14H31NSi. The highest BCUT2D eigenvalue weighted by atomic mass is 28.1. The number of unbranched alkanes of at least 4 members (excludes halogenated alkanes) is 2. The second kappa shape index (κ2) is 9.95. The average molecular weight is 241 g/mol. The molecule has 96 valence electrons. The van der Waals surface area contributed by atoms with Crippen molar-refractivity contribution in [2.24, 2.45) is 0 Å². The van der Waals surface area contributed by atoms with Gasteiger partial charge in [-0.05, 0) is 33.1 Å². The number of rotatable bonds is 9. The second-order valence-corrected chi connectivity index (χ2v) is 5.81. The molecule has 0 N–H and O–H groups in total. The maximum Gasteiger partial charge on any atom is 0.0355 e. The fraction of sp³-hybridized carbons (Fsp3) is 0.857. The van der Waals surface area contributed by atoms with Crippen LogP contribution in [0.4, 0.5) is 0 Å². The van der Waals surface area contributed by atoms with Crippen LogP contribution in [0.1, 0.15) is 66.2 Å². The summed E-state index contributed by atoms with van der Waals surface area (Å²) in [4.78, 5) is 2.58. The van der Waals surface area contributed by atoms with Crippen molar-refractivity contribution in [3.05, 3.63) is 10.9 Å². The summed E-state index contributed by atoms with van der Waals surface area (Å²) in [5.74, 6) is 0. The molecular weight excluding hydrogens is 210 g/mol. The highest BCUT2D eigenvalue weighted by Gasteiger charge is 2.08. The van der Waals surface area contributed by atoms with Crippen LogP contribution >= 0.6 is 0 Å². The number of hydrogen-bond donors (Lipinski definition) is 0. The molecule has 0 heterocycles. The van der Waals surface area contributed by atoms with Crippen LogP contribution in [0.25, 0.3) is 0 Å². The molecule has 0 rings (SSSR count). The molecule has 2 heteroatoms. The summed E-state index contributed by atoms with van der Waals surface area (Å²) in [5, 5.41) is 1.76. The molecule has 16 heavy (non-hydrogen) atoms. The van der Waals surface area contributed by atoms with E-state index < -0.39 is 0 Å². The summed E-state index contributed by atoms with van der Waals surface area (Å²) < 4.78 is 0. The van der Waals surface area contributed by atoms with Gasteiger partial charge in [0.25, 0.3) is 0 Å². The van der Waals surface area contributed by atoms with Crippen LogP contribution in [0.2, 0.25) is 0 Å². The Labute approximate surface area is 106 Å². The third-order valence-electron chi connectivity index (χ3n) is 3.31. The van der Waals surface area contributed by atoms with E-state index in [2.05, 4.69) is 32.6 Å². The van der Waals surface area contributed by atoms with Gasteiger partial charge in [-0.15, -0.1) is 0 Å². The van der Waals surface area contributed by atoms with Gasteiger partial charge in [0.15, 0.2) is 0 Å². The standard InChI is InChI=1S/C14H31NSi/c1-5-9-11-13(15(7-3)8-4)14(16)12-10-6-2/h5-12H2,1-4,16H3. The molecule has 0 aromatic rings. The maximum absolute atomic E-state index is 2.58. The molecule has 0 radical (unpaired) electrons. The Kier molecular flexibility index (Phi) is 9.79. The van der Waals surface area contributed by atoms with E-state index in [9.17, 15) is 0 Å². The lowest BCUT2D eigenvalue weighted by Crippen LogP contribution is -2.24. The molecule has 0 aliphatic rings. The van der Waals surface area contributed by atoms with Crippen molar-refractivity contribution in [1.29, 1.82) is 0 Å². The summed E-state index contributed by atoms with van der Waals surface area (Å²) in [6.07, 6.45) is 8.01. The normalized spacial score (nSPS) is 12.8. The Balaban J connectivity index is 4.59. The van der Waals surface area contributed by atoms with Gasteiger partial charge in [-0.1, -0.05) is 38.3 Å². The lowest BCUT2D eigenvalue weighted by Gasteiger charge is -2.27. The SMILES string of the molecule is CCCCC([SiH3])=C(CCCC)N(CC)CC. The zero-order chi connectivity index (χ0) is 12.4. The second-order valence-electron chi connectivity index (χ2n) is 4.61. The molecule has 0 fully saturated rings. The minimum absolute atomic E-state index is 1.17. The molecule has 0 aliphatic heterocycles. The summed E-state index contributed by atoms with van der Waals surface area (Å²) in [7, 11) is 1.25. The molecule has 0 saturated carbocycles. The summed E-state index contributed by atoms with van der Waals surface area (Å²) in [5.41, 5.74) is 1.69. The van der Waals surface area contributed by atoms with Gasteiger partial charge in [0.05, 0.1) is 0 Å². The number of nitrogens with zero attached hydrogens (tertiary/aromatic N) is 1. The molecule has 1 nitrogen and oxygen atoms in total. The van der Waals surface area contributed by atoms with E-state index in [1.807, 2.05) is 0 Å². The fourth-order valence-electron chi connectivity index (χ4n) is 2.18. The van der Waals surface area contributed by atoms with Gasteiger partial charge in [-0.3, -0.25) is 0 Å². The lowest BCUT2D eigenvalue weighted by atomic mass is 10.1. The first-order valence-electron chi connectivity index (χ1n) is 7.14. The van der Waals surface area contributed by atoms with Crippen LogP contribution < -0.4 is 0 Å². The molecule has 0 atom stereocenters. The molecule has 0 aromatic heterocycles. The van der Waals surface area contributed by atoms with Crippen molar-refractivity contribution in [3.8, 4) is 0 Å². The predicted octanol–water partition coefficient (Wildman–Crippen LogP) is 3.29. The third kappa shape index (κ3) is 5.74. The Morgan fingerprint density at radius 3 is 1.81 bits per heavy atom. The van der Waals surface area contributed by atoms with Crippen molar-refractivity contribution < 1.29 is 0 Å². The first-order valence-corrected chi connectivity index (χ1v) is 8.14. The van der Waals surface area contributed by atoms with Crippen molar-refractivity contribution in [3.63, 3.8) is 0 Å². The van der Waals surface area contributed by atoms with Gasteiger partial charge in [0.1, 0.15) is 0 Å². The van der Waals surface area contributed by atoms with E-state index in [0.29, 0.717) is 0 Å². The molecule has 0 bridgehead atoms. The van der Waals surface area contributed by atoms with E-state index in [0.717, 1.165) is 0 Å². The molecule has 0 unspecified atom stereocenters. The lowest BCUT2D eigenvalue weighted by molar-refractivity contribution is 0.361. The Bertz CT molecular complexity index is 195. The average Bonchev–Trinajstić information content (AvgIpc) is 2.31. The van der Waals surface area contributed by atoms with Crippen LogP contribution in [0, 0.1) is 0 Å². The Morgan fingerprint density at radius 2 is 1.38 bits per heavy atom. The third-order valence-corrected chi connectivity index (χ3v) is 4.39. The molecule has 0 aliphatic carbocycles. The minimum atomic E-state index is 1.17. The zero-order valence-electron chi connectivity index (χ0n) is 12.1. The first kappa shape index (κ1) is 15.8. The van der Waals surface area contributed by atoms with Gasteiger partial charge in [0, 0.05) is 29.0 Å². The highest BCUT2D eigenvalue weighted by Crippen LogP contribution is 2.19. The van der Waals surface area contributed by atoms with Crippen LogP contribution in [0.5, 0.6) is 0 Å². The maximum atomic E-state index is 2.58. The fourth-order valence-corrected chi connectivity index (χ4v) is 3.10. The van der Waals surface area contributed by atoms with Gasteiger partial charge in [0.2, 0.25) is 0 Å². The van der Waals surface area contributed by atoms with Crippen molar-refractivity contribution in [2.45, 2.75) is 66.2 Å². The van der Waals surface area contributed by atoms with Crippen LogP contribution in [-0.4, -0.2) is 28.2 Å². The Morgan fingerprint density at radius 1 is 0.875 bits per heavy atom. The van der Waals surface area contributed by atoms with Crippen molar-refractivity contribution in [2.75, 3.05) is 13.1 Å². The predicted molar refractivity (Wildman–Crippen MR) is 78.9 cm³/mol. The number of allylic oxidation sites excluding steroid dienone is 2. The Hall–Kier alpha value is -0.243. The minimum Gasteiger partial charge on any atom is -0.376 e. The van der Waals surface area contributed by atoms with Crippen LogP contribution in [0.15, 0.2) is 10.9 Å². The van der Waals surface area contributed by atoms with Gasteiger partial charge < -0.3 is 4.90 Å². The summed E-state index contributed by atoms with van der Waals surface area (Å²) in [6.45, 7) is 11.5. The van der Waals surface area contributed by atoms with E-state index >= 15 is 0 Å². The van der Waals surface area contributed by atoms with E-state index in [1.54, 1.807) is 10.9 Å². The zero-order valence-corrected chi connectivity index (χ0v) is 14.1. The summed E-state index contributed by atoms with van der Waals surface area (Å²) >= 11 is 0. The van der Waals surface area contributed by atoms with Gasteiger partial charge in [-0.25, -0.2) is 0 Å². The van der Waals surface area contributed by atoms with Gasteiger partial charge in [-0.2, -0.15) is 0 Å². The van der Waals surface area contributed by atoms with Crippen molar-refractivity contribution >= 4 is 10.2 Å². The molecule has 0 amide bonds.